The third kappa shape index (κ3) is 1.76. The van der Waals surface area contributed by atoms with E-state index in [9.17, 15) is 0 Å². The van der Waals surface area contributed by atoms with E-state index in [2.05, 4.69) is 22.4 Å². The lowest BCUT2D eigenvalue weighted by atomic mass is 10.0. The molecule has 1 aliphatic heterocycles. The lowest BCUT2D eigenvalue weighted by Crippen LogP contribution is -2.21. The number of nitrogens with two attached hydrogens (primary N) is 1. The van der Waals surface area contributed by atoms with Crippen molar-refractivity contribution in [2.45, 2.75) is 32.5 Å². The van der Waals surface area contributed by atoms with Gasteiger partial charge in [-0.25, -0.2) is 4.68 Å². The molecule has 1 aromatic heterocycles. The molecule has 14 heavy (non-hydrogen) atoms. The van der Waals surface area contributed by atoms with Gasteiger partial charge in [-0.3, -0.25) is 0 Å². The van der Waals surface area contributed by atoms with Crippen LogP contribution in [0.25, 0.3) is 0 Å². The largest absolute Gasteiger partial charge is 0.378 e. The van der Waals surface area contributed by atoms with Crippen molar-refractivity contribution in [3.63, 3.8) is 0 Å². The maximum atomic E-state index is 5.51. The summed E-state index contributed by atoms with van der Waals surface area (Å²) in [4.78, 5) is 0. The first kappa shape index (κ1) is 9.54. The van der Waals surface area contributed by atoms with Crippen molar-refractivity contribution in [1.82, 2.24) is 20.2 Å². The topological polar surface area (TPSA) is 78.8 Å². The monoisotopic (exact) mass is 197 g/mol. The fourth-order valence-corrected chi connectivity index (χ4v) is 1.75. The van der Waals surface area contributed by atoms with E-state index in [1.807, 2.05) is 0 Å². The van der Waals surface area contributed by atoms with Crippen LogP contribution in [0, 0.1) is 5.92 Å². The van der Waals surface area contributed by atoms with Crippen LogP contribution in [-0.4, -0.2) is 32.9 Å². The summed E-state index contributed by atoms with van der Waals surface area (Å²) in [5, 5.41) is 11.3. The van der Waals surface area contributed by atoms with Crippen molar-refractivity contribution in [2.75, 3.05) is 6.61 Å². The van der Waals surface area contributed by atoms with E-state index in [1.165, 1.54) is 0 Å². The fourth-order valence-electron chi connectivity index (χ4n) is 1.75. The van der Waals surface area contributed by atoms with Crippen LogP contribution < -0.4 is 5.73 Å². The van der Waals surface area contributed by atoms with Gasteiger partial charge in [0.15, 0.2) is 5.82 Å². The van der Waals surface area contributed by atoms with E-state index < -0.39 is 0 Å². The number of nitrogens with zero attached hydrogens (tertiary/aromatic N) is 4. The number of hydrogen-bond donors (Lipinski definition) is 1. The maximum Gasteiger partial charge on any atom is 0.164 e. The number of rotatable bonds is 3. The van der Waals surface area contributed by atoms with Crippen molar-refractivity contribution in [1.29, 1.82) is 0 Å². The number of ether oxygens (including phenoxy) is 1. The van der Waals surface area contributed by atoms with Crippen molar-refractivity contribution in [3.8, 4) is 0 Å². The van der Waals surface area contributed by atoms with E-state index in [1.54, 1.807) is 4.68 Å². The summed E-state index contributed by atoms with van der Waals surface area (Å²) in [6.45, 7) is 4.12. The van der Waals surface area contributed by atoms with Crippen molar-refractivity contribution in [3.05, 3.63) is 5.82 Å². The van der Waals surface area contributed by atoms with Crippen LogP contribution in [-0.2, 0) is 17.8 Å². The Balaban J connectivity index is 2.02. The minimum Gasteiger partial charge on any atom is -0.378 e. The second-order valence-electron chi connectivity index (χ2n) is 3.61. The Labute approximate surface area is 82.4 Å². The summed E-state index contributed by atoms with van der Waals surface area (Å²) in [6, 6.07) is 0. The zero-order valence-corrected chi connectivity index (χ0v) is 8.26. The molecule has 0 bridgehead atoms. The van der Waals surface area contributed by atoms with Crippen LogP contribution in [0.1, 0.15) is 19.2 Å². The van der Waals surface area contributed by atoms with E-state index in [0.29, 0.717) is 18.6 Å². The molecule has 1 aliphatic rings. The SMILES string of the molecule is CC1OCCC1Cn1nnnc1CN. The molecule has 6 heteroatoms. The zero-order chi connectivity index (χ0) is 9.97. The van der Waals surface area contributed by atoms with Crippen LogP contribution in [0.3, 0.4) is 0 Å². The molecule has 0 spiro atoms. The standard InChI is InChI=1S/C8H15N5O/c1-6-7(2-3-14-6)5-13-8(4-9)10-11-12-13/h6-7H,2-5,9H2,1H3. The summed E-state index contributed by atoms with van der Waals surface area (Å²) >= 11 is 0. The van der Waals surface area contributed by atoms with Gasteiger partial charge in [0.2, 0.25) is 0 Å². The van der Waals surface area contributed by atoms with Crippen LogP contribution in [0.5, 0.6) is 0 Å². The van der Waals surface area contributed by atoms with Crippen molar-refractivity contribution < 1.29 is 4.74 Å². The highest BCUT2D eigenvalue weighted by atomic mass is 16.5. The van der Waals surface area contributed by atoms with Gasteiger partial charge in [-0.1, -0.05) is 0 Å². The molecule has 1 aromatic rings. The Hall–Kier alpha value is -1.01. The molecule has 2 N–H and O–H groups in total. The molecule has 2 unspecified atom stereocenters. The van der Waals surface area contributed by atoms with Crippen molar-refractivity contribution in [2.24, 2.45) is 11.7 Å². The minimum atomic E-state index is 0.296. The van der Waals surface area contributed by atoms with Gasteiger partial charge in [-0.15, -0.1) is 5.10 Å². The quantitative estimate of drug-likeness (QED) is 0.710. The maximum absolute atomic E-state index is 5.51. The smallest absolute Gasteiger partial charge is 0.164 e. The van der Waals surface area contributed by atoms with E-state index in [4.69, 9.17) is 10.5 Å². The predicted octanol–water partition coefficient (Wildman–Crippen LogP) is -0.443. The average molecular weight is 197 g/mol. The molecule has 0 amide bonds. The van der Waals surface area contributed by atoms with Gasteiger partial charge in [-0.05, 0) is 23.8 Å². The summed E-state index contributed by atoms with van der Waals surface area (Å²) in [6.07, 6.45) is 1.37. The molecular formula is C8H15N5O. The van der Waals surface area contributed by atoms with Crippen LogP contribution in [0.4, 0.5) is 0 Å². The van der Waals surface area contributed by atoms with Gasteiger partial charge >= 0.3 is 0 Å². The van der Waals surface area contributed by atoms with Crippen LogP contribution >= 0.6 is 0 Å². The molecule has 78 valence electrons. The zero-order valence-electron chi connectivity index (χ0n) is 8.26. The molecule has 0 saturated carbocycles. The summed E-state index contributed by atoms with van der Waals surface area (Å²) in [7, 11) is 0. The molecule has 2 heterocycles. The molecule has 2 rings (SSSR count). The number of hydrogen-bond acceptors (Lipinski definition) is 5. The van der Waals surface area contributed by atoms with Gasteiger partial charge in [0.05, 0.1) is 19.2 Å². The third-order valence-electron chi connectivity index (χ3n) is 2.73. The number of aromatic nitrogens is 4. The Morgan fingerprint density at radius 3 is 3.14 bits per heavy atom. The molecule has 0 aromatic carbocycles. The Bertz CT molecular complexity index is 300. The fraction of sp³-hybridized carbons (Fsp3) is 0.875. The second kappa shape index (κ2) is 4.02. The highest BCUT2D eigenvalue weighted by Crippen LogP contribution is 2.21. The van der Waals surface area contributed by atoms with Gasteiger partial charge in [-0.2, -0.15) is 0 Å². The predicted molar refractivity (Wildman–Crippen MR) is 49.2 cm³/mol. The Morgan fingerprint density at radius 1 is 1.64 bits per heavy atom. The van der Waals surface area contributed by atoms with Gasteiger partial charge in [0.1, 0.15) is 0 Å². The van der Waals surface area contributed by atoms with Gasteiger partial charge < -0.3 is 10.5 Å². The first-order chi connectivity index (χ1) is 6.81. The lowest BCUT2D eigenvalue weighted by Gasteiger charge is -2.13. The van der Waals surface area contributed by atoms with Crippen LogP contribution in [0.15, 0.2) is 0 Å². The summed E-state index contributed by atoms with van der Waals surface area (Å²) in [5.74, 6) is 1.24. The average Bonchev–Trinajstić information content (AvgIpc) is 2.77. The Morgan fingerprint density at radius 2 is 2.50 bits per heavy atom. The molecule has 6 nitrogen and oxygen atoms in total. The molecular weight excluding hydrogens is 182 g/mol. The molecule has 1 fully saturated rings. The van der Waals surface area contributed by atoms with E-state index >= 15 is 0 Å². The molecule has 0 radical (unpaired) electrons. The normalized spacial score (nSPS) is 27.0. The highest BCUT2D eigenvalue weighted by molar-refractivity contribution is 4.81. The minimum absolute atomic E-state index is 0.296. The third-order valence-corrected chi connectivity index (χ3v) is 2.73. The summed E-state index contributed by atoms with van der Waals surface area (Å²) in [5.41, 5.74) is 5.51. The van der Waals surface area contributed by atoms with Crippen molar-refractivity contribution >= 4 is 0 Å². The second-order valence-corrected chi connectivity index (χ2v) is 3.61. The summed E-state index contributed by atoms with van der Waals surface area (Å²) < 4.78 is 7.25. The number of tetrazole rings is 1. The molecule has 0 aliphatic carbocycles. The van der Waals surface area contributed by atoms with E-state index in [-0.39, 0.29) is 0 Å². The molecule has 1 saturated heterocycles. The lowest BCUT2D eigenvalue weighted by molar-refractivity contribution is 0.100. The first-order valence-electron chi connectivity index (χ1n) is 4.88. The first-order valence-corrected chi connectivity index (χ1v) is 4.88. The molecule has 2 atom stereocenters. The van der Waals surface area contributed by atoms with Crippen LogP contribution in [0.2, 0.25) is 0 Å². The van der Waals surface area contributed by atoms with E-state index in [0.717, 1.165) is 25.4 Å². The Kier molecular flexibility index (Phi) is 2.74. The van der Waals surface area contributed by atoms with Gasteiger partial charge in [0, 0.05) is 12.5 Å². The highest BCUT2D eigenvalue weighted by Gasteiger charge is 2.25. The van der Waals surface area contributed by atoms with Gasteiger partial charge in [0.25, 0.3) is 0 Å².